The van der Waals surface area contributed by atoms with E-state index in [2.05, 4.69) is 58.6 Å². The summed E-state index contributed by atoms with van der Waals surface area (Å²) in [6, 6.07) is 16.1. The predicted octanol–water partition coefficient (Wildman–Crippen LogP) is 2.55. The van der Waals surface area contributed by atoms with E-state index in [1.807, 2.05) is 24.3 Å². The second-order valence-corrected chi connectivity index (χ2v) is 7.70. The summed E-state index contributed by atoms with van der Waals surface area (Å²) in [7, 11) is 0. The monoisotopic (exact) mass is 402 g/mol. The number of benzene rings is 2. The van der Waals surface area contributed by atoms with Crippen LogP contribution in [-0.2, 0) is 0 Å². The van der Waals surface area contributed by atoms with Gasteiger partial charge in [0, 0.05) is 63.7 Å². The highest BCUT2D eigenvalue weighted by Gasteiger charge is 2.13. The number of rotatable bonds is 2. The minimum Gasteiger partial charge on any atom is -0.369 e. The van der Waals surface area contributed by atoms with Gasteiger partial charge in [0.15, 0.2) is 0 Å². The average molecular weight is 403 g/mol. The molecule has 0 radical (unpaired) electrons. The SMILES string of the molecule is Cc1cc(C#N)ccc1N1CCNCC1.Cc1cc(C#N)ccc1N1CCNCC1. The molecule has 6 nitrogen and oxygen atoms in total. The standard InChI is InChI=1S/2C12H15N3/c2*1-10-8-11(9-13)2-3-12(10)15-6-4-14-5-7-15/h2*2-3,8,14H,4-7H2,1H3. The van der Waals surface area contributed by atoms with Gasteiger partial charge in [-0.1, -0.05) is 0 Å². The molecular weight excluding hydrogens is 372 g/mol. The van der Waals surface area contributed by atoms with Gasteiger partial charge in [0.1, 0.15) is 0 Å². The Hall–Kier alpha value is -3.06. The van der Waals surface area contributed by atoms with E-state index < -0.39 is 0 Å². The molecule has 4 rings (SSSR count). The lowest BCUT2D eigenvalue weighted by atomic mass is 10.1. The molecule has 2 heterocycles. The molecule has 0 amide bonds. The zero-order valence-corrected chi connectivity index (χ0v) is 17.9. The van der Waals surface area contributed by atoms with Crippen molar-refractivity contribution in [3.63, 3.8) is 0 Å². The lowest BCUT2D eigenvalue weighted by Gasteiger charge is -2.30. The number of hydrogen-bond acceptors (Lipinski definition) is 6. The number of nitrogens with zero attached hydrogens (tertiary/aromatic N) is 4. The van der Waals surface area contributed by atoms with Gasteiger partial charge in [0.05, 0.1) is 23.3 Å². The van der Waals surface area contributed by atoms with E-state index >= 15 is 0 Å². The van der Waals surface area contributed by atoms with Crippen molar-refractivity contribution < 1.29 is 0 Å². The Morgan fingerprint density at radius 2 is 1.03 bits per heavy atom. The average Bonchev–Trinajstić information content (AvgIpc) is 2.80. The third kappa shape index (κ3) is 5.51. The van der Waals surface area contributed by atoms with Crippen molar-refractivity contribution in [1.29, 1.82) is 10.5 Å². The molecule has 156 valence electrons. The van der Waals surface area contributed by atoms with E-state index in [1.165, 1.54) is 22.5 Å². The van der Waals surface area contributed by atoms with Gasteiger partial charge < -0.3 is 20.4 Å². The van der Waals surface area contributed by atoms with Crippen LogP contribution in [0.4, 0.5) is 11.4 Å². The first kappa shape index (κ1) is 21.6. The van der Waals surface area contributed by atoms with Crippen LogP contribution in [0.3, 0.4) is 0 Å². The quantitative estimate of drug-likeness (QED) is 0.804. The maximum Gasteiger partial charge on any atom is 0.0991 e. The first-order chi connectivity index (χ1) is 14.6. The van der Waals surface area contributed by atoms with Crippen molar-refractivity contribution in [3.05, 3.63) is 58.7 Å². The van der Waals surface area contributed by atoms with E-state index in [4.69, 9.17) is 10.5 Å². The summed E-state index contributed by atoms with van der Waals surface area (Å²) in [6.07, 6.45) is 0. The van der Waals surface area contributed by atoms with Crippen LogP contribution in [0.15, 0.2) is 36.4 Å². The molecule has 2 saturated heterocycles. The van der Waals surface area contributed by atoms with Crippen LogP contribution in [0.2, 0.25) is 0 Å². The van der Waals surface area contributed by atoms with Gasteiger partial charge in [-0.05, 0) is 61.4 Å². The van der Waals surface area contributed by atoms with Crippen LogP contribution in [0, 0.1) is 36.5 Å². The summed E-state index contributed by atoms with van der Waals surface area (Å²) < 4.78 is 0. The highest BCUT2D eigenvalue weighted by molar-refractivity contribution is 5.57. The third-order valence-electron chi connectivity index (χ3n) is 5.57. The second-order valence-electron chi connectivity index (χ2n) is 7.70. The summed E-state index contributed by atoms with van der Waals surface area (Å²) in [5.74, 6) is 0. The van der Waals surface area contributed by atoms with E-state index in [9.17, 15) is 0 Å². The second kappa shape index (κ2) is 10.6. The Labute approximate surface area is 179 Å². The molecule has 2 N–H and O–H groups in total. The largest absolute Gasteiger partial charge is 0.369 e. The van der Waals surface area contributed by atoms with Gasteiger partial charge >= 0.3 is 0 Å². The molecule has 0 spiro atoms. The molecule has 0 aliphatic carbocycles. The molecule has 0 unspecified atom stereocenters. The van der Waals surface area contributed by atoms with Crippen LogP contribution in [0.1, 0.15) is 22.3 Å². The maximum absolute atomic E-state index is 8.79. The normalized spacial score (nSPS) is 16.1. The topological polar surface area (TPSA) is 78.1 Å². The molecule has 6 heteroatoms. The highest BCUT2D eigenvalue weighted by atomic mass is 15.2. The van der Waals surface area contributed by atoms with E-state index in [0.29, 0.717) is 0 Å². The van der Waals surface area contributed by atoms with Crippen molar-refractivity contribution in [2.24, 2.45) is 0 Å². The lowest BCUT2D eigenvalue weighted by Crippen LogP contribution is -2.43. The Balaban J connectivity index is 0.000000171. The van der Waals surface area contributed by atoms with E-state index in [1.54, 1.807) is 0 Å². The van der Waals surface area contributed by atoms with Crippen LogP contribution in [0.5, 0.6) is 0 Å². The highest BCUT2D eigenvalue weighted by Crippen LogP contribution is 2.22. The van der Waals surface area contributed by atoms with Crippen LogP contribution >= 0.6 is 0 Å². The fourth-order valence-electron chi connectivity index (χ4n) is 3.97. The number of hydrogen-bond donors (Lipinski definition) is 2. The van der Waals surface area contributed by atoms with Gasteiger partial charge in [0.2, 0.25) is 0 Å². The fraction of sp³-hybridized carbons (Fsp3) is 0.417. The first-order valence-corrected chi connectivity index (χ1v) is 10.5. The van der Waals surface area contributed by atoms with E-state index in [0.717, 1.165) is 63.5 Å². The van der Waals surface area contributed by atoms with Gasteiger partial charge in [-0.25, -0.2) is 0 Å². The predicted molar refractivity (Wildman–Crippen MR) is 122 cm³/mol. The van der Waals surface area contributed by atoms with Gasteiger partial charge in [-0.15, -0.1) is 0 Å². The van der Waals surface area contributed by atoms with Crippen LogP contribution in [0.25, 0.3) is 0 Å². The summed E-state index contributed by atoms with van der Waals surface area (Å²) in [4.78, 5) is 4.74. The molecule has 0 atom stereocenters. The summed E-state index contributed by atoms with van der Waals surface area (Å²) in [6.45, 7) is 12.5. The molecule has 2 aromatic carbocycles. The van der Waals surface area contributed by atoms with Crippen molar-refractivity contribution in [2.75, 3.05) is 62.2 Å². The Kier molecular flexibility index (Phi) is 7.68. The summed E-state index contributed by atoms with van der Waals surface area (Å²) in [5.41, 5.74) is 6.38. The first-order valence-electron chi connectivity index (χ1n) is 10.5. The van der Waals surface area contributed by atoms with Crippen molar-refractivity contribution in [2.45, 2.75) is 13.8 Å². The van der Waals surface area contributed by atoms with Crippen LogP contribution < -0.4 is 20.4 Å². The third-order valence-corrected chi connectivity index (χ3v) is 5.57. The minimum absolute atomic E-state index is 0.742. The number of anilines is 2. The fourth-order valence-corrected chi connectivity index (χ4v) is 3.97. The van der Waals surface area contributed by atoms with Gasteiger partial charge in [-0.3, -0.25) is 0 Å². The number of nitrogens with one attached hydrogen (secondary N) is 2. The number of piperazine rings is 2. The summed E-state index contributed by atoms with van der Waals surface area (Å²) >= 11 is 0. The molecule has 30 heavy (non-hydrogen) atoms. The maximum atomic E-state index is 8.79. The molecule has 2 aliphatic heterocycles. The Morgan fingerprint density at radius 3 is 1.33 bits per heavy atom. The van der Waals surface area contributed by atoms with Crippen molar-refractivity contribution >= 4 is 11.4 Å². The summed E-state index contributed by atoms with van der Waals surface area (Å²) in [5, 5.41) is 24.2. The molecule has 2 aliphatic rings. The van der Waals surface area contributed by atoms with Crippen molar-refractivity contribution in [3.8, 4) is 12.1 Å². The molecular formula is C24H30N6. The molecule has 2 aromatic rings. The lowest BCUT2D eigenvalue weighted by molar-refractivity contribution is 0.588. The Bertz CT molecular complexity index is 850. The Morgan fingerprint density at radius 1 is 0.667 bits per heavy atom. The molecule has 0 bridgehead atoms. The molecule has 2 fully saturated rings. The zero-order valence-electron chi connectivity index (χ0n) is 17.9. The molecule has 0 saturated carbocycles. The van der Waals surface area contributed by atoms with Gasteiger partial charge in [0.25, 0.3) is 0 Å². The molecule has 0 aromatic heterocycles. The zero-order chi connectivity index (χ0) is 21.3. The smallest absolute Gasteiger partial charge is 0.0991 e. The number of nitriles is 2. The van der Waals surface area contributed by atoms with Crippen LogP contribution in [-0.4, -0.2) is 52.4 Å². The van der Waals surface area contributed by atoms with Crippen molar-refractivity contribution in [1.82, 2.24) is 10.6 Å². The number of aryl methyl sites for hydroxylation is 2. The van der Waals surface area contributed by atoms with E-state index in [-0.39, 0.29) is 0 Å². The van der Waals surface area contributed by atoms with Gasteiger partial charge in [-0.2, -0.15) is 10.5 Å². The minimum atomic E-state index is 0.742.